The van der Waals surface area contributed by atoms with E-state index in [0.717, 1.165) is 23.8 Å². The second kappa shape index (κ2) is 8.82. The number of nitrogens with two attached hydrogens (primary N) is 1. The van der Waals surface area contributed by atoms with Crippen LogP contribution in [0.1, 0.15) is 21.5 Å². The minimum Gasteiger partial charge on any atom is -0.337 e. The number of carbonyl (C=O) groups excluding carboxylic acids is 1. The average Bonchev–Trinajstić information content (AvgIpc) is 2.59. The number of sulfonamides is 1. The Morgan fingerprint density at radius 2 is 1.81 bits per heavy atom. The Balaban J connectivity index is 2.18. The van der Waals surface area contributed by atoms with Gasteiger partial charge in [-0.25, -0.2) is 8.42 Å². The Hall–Kier alpha value is -2.38. The number of rotatable bonds is 8. The molecule has 0 radical (unpaired) electrons. The number of nitrogens with one attached hydrogen (secondary N) is 1. The highest BCUT2D eigenvalue weighted by molar-refractivity contribution is 7.92. The monoisotopic (exact) mass is 375 g/mol. The van der Waals surface area contributed by atoms with Crippen LogP contribution in [0.5, 0.6) is 0 Å². The summed E-state index contributed by atoms with van der Waals surface area (Å²) in [5, 5.41) is 0. The zero-order valence-electron chi connectivity index (χ0n) is 15.1. The first kappa shape index (κ1) is 19.9. The molecule has 0 fully saturated rings. The quantitative estimate of drug-likeness (QED) is 0.738. The van der Waals surface area contributed by atoms with Gasteiger partial charge >= 0.3 is 0 Å². The van der Waals surface area contributed by atoms with Gasteiger partial charge in [0.05, 0.1) is 11.9 Å². The minimum atomic E-state index is -3.41. The first-order valence-corrected chi connectivity index (χ1v) is 10.3. The van der Waals surface area contributed by atoms with Gasteiger partial charge in [-0.15, -0.1) is 0 Å². The lowest BCUT2D eigenvalue weighted by molar-refractivity contribution is 0.0762. The van der Waals surface area contributed by atoms with Crippen LogP contribution in [-0.2, 0) is 16.4 Å². The number of nitrogens with zero attached hydrogens (tertiary/aromatic N) is 1. The van der Waals surface area contributed by atoms with Crippen LogP contribution < -0.4 is 10.5 Å². The van der Waals surface area contributed by atoms with Crippen molar-refractivity contribution >= 4 is 21.6 Å². The van der Waals surface area contributed by atoms with Crippen LogP contribution >= 0.6 is 0 Å². The van der Waals surface area contributed by atoms with Gasteiger partial charge in [0.25, 0.3) is 5.91 Å². The van der Waals surface area contributed by atoms with Crippen molar-refractivity contribution in [1.82, 2.24) is 4.90 Å². The van der Waals surface area contributed by atoms with E-state index >= 15 is 0 Å². The molecule has 0 aliphatic carbocycles. The first-order valence-electron chi connectivity index (χ1n) is 8.42. The highest BCUT2D eigenvalue weighted by Crippen LogP contribution is 2.19. The van der Waals surface area contributed by atoms with E-state index in [1.165, 1.54) is 0 Å². The molecule has 0 spiro atoms. The predicted octanol–water partition coefficient (Wildman–Crippen LogP) is 2.01. The molecule has 26 heavy (non-hydrogen) atoms. The van der Waals surface area contributed by atoms with E-state index in [1.807, 2.05) is 30.3 Å². The van der Waals surface area contributed by atoms with Crippen LogP contribution in [-0.4, -0.2) is 45.1 Å². The van der Waals surface area contributed by atoms with Gasteiger partial charge in [-0.2, -0.15) is 0 Å². The third-order valence-electron chi connectivity index (χ3n) is 3.98. The standard InChI is InChI=1S/C19H25N3O3S/c1-15-8-9-17(14-18(15)21-26(2,24)25)19(23)22(13-11-20)12-10-16-6-4-3-5-7-16/h3-9,14,21H,10-13,20H2,1-2H3. The molecule has 140 valence electrons. The first-order chi connectivity index (χ1) is 12.3. The second-order valence-corrected chi connectivity index (χ2v) is 7.97. The Labute approximate surface area is 155 Å². The molecule has 0 aromatic heterocycles. The molecule has 1 amide bonds. The molecule has 0 unspecified atom stereocenters. The van der Waals surface area contributed by atoms with Crippen molar-refractivity contribution in [2.45, 2.75) is 13.3 Å². The molecule has 0 aliphatic heterocycles. The molecule has 3 N–H and O–H groups in total. The third-order valence-corrected chi connectivity index (χ3v) is 4.57. The van der Waals surface area contributed by atoms with Gasteiger partial charge in [0.1, 0.15) is 0 Å². The molecule has 6 nitrogen and oxygen atoms in total. The van der Waals surface area contributed by atoms with Crippen molar-refractivity contribution in [2.75, 3.05) is 30.6 Å². The molecule has 2 rings (SSSR count). The highest BCUT2D eigenvalue weighted by Gasteiger charge is 2.17. The molecule has 0 saturated heterocycles. The number of amides is 1. The summed E-state index contributed by atoms with van der Waals surface area (Å²) in [6.07, 6.45) is 1.81. The van der Waals surface area contributed by atoms with Crippen LogP contribution in [0.3, 0.4) is 0 Å². The number of anilines is 1. The maximum Gasteiger partial charge on any atom is 0.253 e. The van der Waals surface area contributed by atoms with E-state index in [0.29, 0.717) is 30.9 Å². The maximum absolute atomic E-state index is 12.9. The van der Waals surface area contributed by atoms with Crippen LogP contribution in [0.25, 0.3) is 0 Å². The molecule has 2 aromatic carbocycles. The van der Waals surface area contributed by atoms with E-state index in [-0.39, 0.29) is 5.91 Å². The lowest BCUT2D eigenvalue weighted by Crippen LogP contribution is -2.37. The molecule has 7 heteroatoms. The summed E-state index contributed by atoms with van der Waals surface area (Å²) >= 11 is 0. The zero-order valence-corrected chi connectivity index (χ0v) is 15.9. The molecule has 0 bridgehead atoms. The fraction of sp³-hybridized carbons (Fsp3) is 0.316. The molecule has 0 atom stereocenters. The fourth-order valence-electron chi connectivity index (χ4n) is 2.63. The van der Waals surface area contributed by atoms with Crippen molar-refractivity contribution in [3.05, 3.63) is 65.2 Å². The second-order valence-electron chi connectivity index (χ2n) is 6.22. The number of carbonyl (C=O) groups is 1. The normalized spacial score (nSPS) is 11.2. The largest absolute Gasteiger partial charge is 0.337 e. The molecule has 0 aliphatic rings. The number of benzene rings is 2. The summed E-state index contributed by atoms with van der Waals surface area (Å²) in [5.41, 5.74) is 8.41. The van der Waals surface area contributed by atoms with E-state index in [1.54, 1.807) is 30.0 Å². The minimum absolute atomic E-state index is 0.164. The smallest absolute Gasteiger partial charge is 0.253 e. The van der Waals surface area contributed by atoms with Gasteiger partial charge in [-0.3, -0.25) is 9.52 Å². The molecular formula is C19H25N3O3S. The Bertz CT molecular complexity index is 852. The van der Waals surface area contributed by atoms with E-state index < -0.39 is 10.0 Å². The summed E-state index contributed by atoms with van der Waals surface area (Å²) in [4.78, 5) is 14.6. The summed E-state index contributed by atoms with van der Waals surface area (Å²) in [7, 11) is -3.41. The number of hydrogen-bond donors (Lipinski definition) is 2. The zero-order chi connectivity index (χ0) is 19.2. The van der Waals surface area contributed by atoms with Gasteiger partial charge in [-0.1, -0.05) is 36.4 Å². The predicted molar refractivity (Wildman–Crippen MR) is 105 cm³/mol. The lowest BCUT2D eigenvalue weighted by Gasteiger charge is -2.23. The fourth-order valence-corrected chi connectivity index (χ4v) is 3.25. The lowest BCUT2D eigenvalue weighted by atomic mass is 10.1. The highest BCUT2D eigenvalue weighted by atomic mass is 32.2. The Morgan fingerprint density at radius 1 is 1.12 bits per heavy atom. The molecule has 0 heterocycles. The van der Waals surface area contributed by atoms with E-state index in [2.05, 4.69) is 4.72 Å². The molecule has 0 saturated carbocycles. The number of aryl methyl sites for hydroxylation is 1. The maximum atomic E-state index is 12.9. The van der Waals surface area contributed by atoms with Crippen LogP contribution in [0.2, 0.25) is 0 Å². The Morgan fingerprint density at radius 3 is 2.42 bits per heavy atom. The summed E-state index contributed by atoms with van der Waals surface area (Å²) in [5.74, 6) is -0.164. The van der Waals surface area contributed by atoms with E-state index in [4.69, 9.17) is 5.73 Å². The van der Waals surface area contributed by atoms with Crippen molar-refractivity contribution < 1.29 is 13.2 Å². The van der Waals surface area contributed by atoms with Crippen molar-refractivity contribution in [3.8, 4) is 0 Å². The van der Waals surface area contributed by atoms with Crippen molar-refractivity contribution in [1.29, 1.82) is 0 Å². The Kier molecular flexibility index (Phi) is 6.76. The SMILES string of the molecule is Cc1ccc(C(=O)N(CCN)CCc2ccccc2)cc1NS(C)(=O)=O. The summed E-state index contributed by atoms with van der Waals surface area (Å²) in [6, 6.07) is 14.9. The van der Waals surface area contributed by atoms with Crippen LogP contribution in [0, 0.1) is 6.92 Å². The van der Waals surface area contributed by atoms with Crippen molar-refractivity contribution in [3.63, 3.8) is 0 Å². The van der Waals surface area contributed by atoms with Crippen LogP contribution in [0.15, 0.2) is 48.5 Å². The third kappa shape index (κ3) is 5.86. The van der Waals surface area contributed by atoms with Crippen molar-refractivity contribution in [2.24, 2.45) is 5.73 Å². The topological polar surface area (TPSA) is 92.5 Å². The van der Waals surface area contributed by atoms with E-state index in [9.17, 15) is 13.2 Å². The molecule has 2 aromatic rings. The van der Waals surface area contributed by atoms with Gasteiger partial charge in [0.2, 0.25) is 10.0 Å². The molecular weight excluding hydrogens is 350 g/mol. The van der Waals surface area contributed by atoms with Gasteiger partial charge in [-0.05, 0) is 36.6 Å². The number of hydrogen-bond acceptors (Lipinski definition) is 4. The summed E-state index contributed by atoms with van der Waals surface area (Å²) in [6.45, 7) is 3.13. The summed E-state index contributed by atoms with van der Waals surface area (Å²) < 4.78 is 25.5. The van der Waals surface area contributed by atoms with Crippen LogP contribution in [0.4, 0.5) is 5.69 Å². The van der Waals surface area contributed by atoms with Gasteiger partial charge in [0.15, 0.2) is 0 Å². The average molecular weight is 375 g/mol. The van der Waals surface area contributed by atoms with Gasteiger partial charge < -0.3 is 10.6 Å². The van der Waals surface area contributed by atoms with Gasteiger partial charge in [0, 0.05) is 25.2 Å².